The molecular weight excluding hydrogens is 266 g/mol. The predicted octanol–water partition coefficient (Wildman–Crippen LogP) is 3.12. The Balaban J connectivity index is 1.75. The zero-order valence-electron chi connectivity index (χ0n) is 11.4. The van der Waals surface area contributed by atoms with E-state index in [0.717, 1.165) is 31.4 Å². The van der Waals surface area contributed by atoms with Crippen LogP contribution < -0.4 is 0 Å². The average molecular weight is 284 g/mol. The molecule has 0 N–H and O–H groups in total. The zero-order chi connectivity index (χ0) is 14.2. The first-order chi connectivity index (χ1) is 9.62. The summed E-state index contributed by atoms with van der Waals surface area (Å²) in [6.07, 6.45) is 2.25. The van der Waals surface area contributed by atoms with Crippen LogP contribution in [0.25, 0.3) is 0 Å². The Morgan fingerprint density at radius 1 is 1.35 bits per heavy atom. The number of epoxide rings is 1. The lowest BCUT2D eigenvalue weighted by molar-refractivity contribution is -0.197. The van der Waals surface area contributed by atoms with Gasteiger partial charge in [0.25, 0.3) is 0 Å². The third kappa shape index (κ3) is 2.57. The quantitative estimate of drug-likeness (QED) is 0.796. The summed E-state index contributed by atoms with van der Waals surface area (Å²) in [5, 5.41) is 0. The molecule has 110 valence electrons. The van der Waals surface area contributed by atoms with Crippen molar-refractivity contribution in [3.63, 3.8) is 0 Å². The molecule has 0 aliphatic carbocycles. The lowest BCUT2D eigenvalue weighted by Crippen LogP contribution is -2.35. The van der Waals surface area contributed by atoms with Crippen LogP contribution in [0, 0.1) is 11.6 Å². The molecule has 5 heteroatoms. The van der Waals surface area contributed by atoms with E-state index in [9.17, 15) is 8.78 Å². The van der Waals surface area contributed by atoms with Gasteiger partial charge in [-0.05, 0) is 44.4 Å². The van der Waals surface area contributed by atoms with E-state index in [0.29, 0.717) is 13.2 Å². The first-order valence-corrected chi connectivity index (χ1v) is 6.98. The second-order valence-corrected chi connectivity index (χ2v) is 5.38. The second kappa shape index (κ2) is 5.39. The van der Waals surface area contributed by atoms with Crippen LogP contribution >= 0.6 is 0 Å². The largest absolute Gasteiger partial charge is 0.362 e. The van der Waals surface area contributed by atoms with E-state index in [4.69, 9.17) is 14.2 Å². The van der Waals surface area contributed by atoms with Gasteiger partial charge < -0.3 is 14.2 Å². The fourth-order valence-electron chi connectivity index (χ4n) is 2.66. The minimum Gasteiger partial charge on any atom is -0.362 e. The highest BCUT2D eigenvalue weighted by molar-refractivity contribution is 5.30. The summed E-state index contributed by atoms with van der Waals surface area (Å²) < 4.78 is 44.0. The van der Waals surface area contributed by atoms with E-state index < -0.39 is 17.2 Å². The number of ether oxygens (including phenoxy) is 3. The minimum atomic E-state index is -0.882. The lowest BCUT2D eigenvalue weighted by atomic mass is 9.94. The number of rotatable bonds is 4. The molecule has 2 aliphatic heterocycles. The highest BCUT2D eigenvalue weighted by Gasteiger charge is 2.54. The molecule has 0 bridgehead atoms. The van der Waals surface area contributed by atoms with Crippen molar-refractivity contribution in [3.05, 3.63) is 35.4 Å². The maximum Gasteiger partial charge on any atom is 0.158 e. The summed E-state index contributed by atoms with van der Waals surface area (Å²) in [6.45, 7) is 2.83. The van der Waals surface area contributed by atoms with Gasteiger partial charge in [0.2, 0.25) is 0 Å². The normalized spacial score (nSPS) is 31.1. The molecule has 3 nitrogen and oxygen atoms in total. The van der Waals surface area contributed by atoms with Gasteiger partial charge in [0, 0.05) is 12.2 Å². The first kappa shape index (κ1) is 13.9. The molecule has 1 aromatic carbocycles. The summed E-state index contributed by atoms with van der Waals surface area (Å²) in [5.41, 5.74) is -0.659. The summed E-state index contributed by atoms with van der Waals surface area (Å²) in [7, 11) is 0. The summed E-state index contributed by atoms with van der Waals surface area (Å²) in [4.78, 5) is 0. The fraction of sp³-hybridized carbons (Fsp3) is 0.600. The smallest absolute Gasteiger partial charge is 0.158 e. The standard InChI is InChI=1S/C15H18F2O3/c1-10(20-14-4-2-3-7-18-14)15(9-19-15)12-8-11(16)5-6-13(12)17/h5-6,8,10,14H,2-4,7,9H2,1H3/t10?,14?,15-/m1/s1. The maximum atomic E-state index is 13.9. The summed E-state index contributed by atoms with van der Waals surface area (Å²) >= 11 is 0. The lowest BCUT2D eigenvalue weighted by Gasteiger charge is -2.29. The van der Waals surface area contributed by atoms with Crippen molar-refractivity contribution in [2.24, 2.45) is 0 Å². The van der Waals surface area contributed by atoms with Crippen molar-refractivity contribution in [2.75, 3.05) is 13.2 Å². The van der Waals surface area contributed by atoms with Crippen LogP contribution in [0.5, 0.6) is 0 Å². The van der Waals surface area contributed by atoms with Gasteiger partial charge in [-0.3, -0.25) is 0 Å². The van der Waals surface area contributed by atoms with Crippen molar-refractivity contribution >= 4 is 0 Å². The van der Waals surface area contributed by atoms with Crippen LogP contribution in [0.3, 0.4) is 0 Å². The van der Waals surface area contributed by atoms with Crippen LogP contribution in [0.4, 0.5) is 8.78 Å². The molecule has 2 saturated heterocycles. The molecular formula is C15H18F2O3. The van der Waals surface area contributed by atoms with E-state index in [1.54, 1.807) is 0 Å². The number of hydrogen-bond acceptors (Lipinski definition) is 3. The molecule has 1 aromatic rings. The third-order valence-corrected chi connectivity index (χ3v) is 3.99. The Hall–Kier alpha value is -1.04. The zero-order valence-corrected chi connectivity index (χ0v) is 11.4. The molecule has 0 radical (unpaired) electrons. The first-order valence-electron chi connectivity index (χ1n) is 6.98. The second-order valence-electron chi connectivity index (χ2n) is 5.38. The van der Waals surface area contributed by atoms with E-state index in [2.05, 4.69) is 0 Å². The maximum absolute atomic E-state index is 13.9. The number of hydrogen-bond donors (Lipinski definition) is 0. The van der Waals surface area contributed by atoms with Gasteiger partial charge in [-0.25, -0.2) is 8.78 Å². The van der Waals surface area contributed by atoms with Gasteiger partial charge >= 0.3 is 0 Å². The van der Waals surface area contributed by atoms with Crippen LogP contribution in [0.1, 0.15) is 31.7 Å². The van der Waals surface area contributed by atoms with E-state index in [1.807, 2.05) is 6.92 Å². The Morgan fingerprint density at radius 3 is 2.80 bits per heavy atom. The summed E-state index contributed by atoms with van der Waals surface area (Å²) in [6, 6.07) is 3.41. The van der Waals surface area contributed by atoms with Gasteiger partial charge in [-0.2, -0.15) is 0 Å². The van der Waals surface area contributed by atoms with Gasteiger partial charge in [0.05, 0.1) is 12.7 Å². The van der Waals surface area contributed by atoms with Crippen LogP contribution in [0.2, 0.25) is 0 Å². The van der Waals surface area contributed by atoms with Crippen molar-refractivity contribution in [1.29, 1.82) is 0 Å². The molecule has 2 aliphatic rings. The Kier molecular flexibility index (Phi) is 3.75. The van der Waals surface area contributed by atoms with E-state index in [1.165, 1.54) is 6.07 Å². The topological polar surface area (TPSA) is 31.0 Å². The van der Waals surface area contributed by atoms with E-state index in [-0.39, 0.29) is 18.0 Å². The van der Waals surface area contributed by atoms with Crippen LogP contribution in [-0.2, 0) is 19.8 Å². The predicted molar refractivity (Wildman–Crippen MR) is 68.1 cm³/mol. The number of halogens is 2. The molecule has 0 saturated carbocycles. The Bertz CT molecular complexity index is 482. The third-order valence-electron chi connectivity index (χ3n) is 3.99. The Morgan fingerprint density at radius 2 is 2.15 bits per heavy atom. The molecule has 0 aromatic heterocycles. The molecule has 20 heavy (non-hydrogen) atoms. The number of benzene rings is 1. The Labute approximate surface area is 116 Å². The molecule has 2 fully saturated rings. The molecule has 2 heterocycles. The molecule has 2 unspecified atom stereocenters. The molecule has 0 amide bonds. The van der Waals surface area contributed by atoms with Crippen molar-refractivity contribution in [1.82, 2.24) is 0 Å². The van der Waals surface area contributed by atoms with Crippen LogP contribution in [-0.4, -0.2) is 25.6 Å². The van der Waals surface area contributed by atoms with Gasteiger partial charge in [0.1, 0.15) is 17.2 Å². The monoisotopic (exact) mass is 284 g/mol. The van der Waals surface area contributed by atoms with Gasteiger partial charge in [0.15, 0.2) is 6.29 Å². The minimum absolute atomic E-state index is 0.223. The summed E-state index contributed by atoms with van der Waals surface area (Å²) in [5.74, 6) is -0.943. The average Bonchev–Trinajstić information content (AvgIpc) is 3.24. The van der Waals surface area contributed by atoms with Crippen molar-refractivity contribution in [3.8, 4) is 0 Å². The molecule has 3 rings (SSSR count). The van der Waals surface area contributed by atoms with Gasteiger partial charge in [-0.1, -0.05) is 0 Å². The van der Waals surface area contributed by atoms with E-state index >= 15 is 0 Å². The highest BCUT2D eigenvalue weighted by atomic mass is 19.1. The van der Waals surface area contributed by atoms with Crippen LogP contribution in [0.15, 0.2) is 18.2 Å². The van der Waals surface area contributed by atoms with Gasteiger partial charge in [-0.15, -0.1) is 0 Å². The molecule has 0 spiro atoms. The SMILES string of the molecule is CC(OC1CCCCO1)[C@@]1(c2cc(F)ccc2F)CO1. The van der Waals surface area contributed by atoms with Crippen molar-refractivity contribution in [2.45, 2.75) is 44.2 Å². The van der Waals surface area contributed by atoms with Crippen molar-refractivity contribution < 1.29 is 23.0 Å². The fourth-order valence-corrected chi connectivity index (χ4v) is 2.66. The highest BCUT2D eigenvalue weighted by Crippen LogP contribution is 2.45. The molecule has 3 atom stereocenters.